The van der Waals surface area contributed by atoms with E-state index in [-0.39, 0.29) is 6.61 Å². The number of anilines is 1. The molecule has 0 fully saturated rings. The van der Waals surface area contributed by atoms with Crippen molar-refractivity contribution in [1.29, 1.82) is 0 Å². The number of benzene rings is 2. The summed E-state index contributed by atoms with van der Waals surface area (Å²) in [6.45, 7) is 7.34. The smallest absolute Gasteiger partial charge is 0.412 e. The van der Waals surface area contributed by atoms with E-state index in [1.807, 2.05) is 44.2 Å². The van der Waals surface area contributed by atoms with Gasteiger partial charge in [-0.25, -0.2) is 14.8 Å². The van der Waals surface area contributed by atoms with Crippen LogP contribution in [0.4, 0.5) is 9.80 Å². The van der Waals surface area contributed by atoms with Gasteiger partial charge in [-0.1, -0.05) is 30.4 Å². The van der Waals surface area contributed by atoms with Crippen molar-refractivity contribution in [2.75, 3.05) is 12.4 Å². The summed E-state index contributed by atoms with van der Waals surface area (Å²) < 4.78 is 13.3. The van der Waals surface area contributed by atoms with E-state index in [0.717, 1.165) is 63.0 Å². The normalized spacial score (nSPS) is 15.2. The quantitative estimate of drug-likeness (QED) is 0.376. The number of carbonyl (C=O) groups is 1. The van der Waals surface area contributed by atoms with Crippen LogP contribution in [0.25, 0.3) is 21.6 Å². The van der Waals surface area contributed by atoms with Crippen LogP contribution in [-0.2, 0) is 24.3 Å². The molecule has 1 N–H and O–H groups in total. The summed E-state index contributed by atoms with van der Waals surface area (Å²) in [5.41, 5.74) is 5.76. The lowest BCUT2D eigenvalue weighted by Gasteiger charge is -2.20. The first kappa shape index (κ1) is 22.4. The van der Waals surface area contributed by atoms with E-state index in [0.29, 0.717) is 10.9 Å². The van der Waals surface area contributed by atoms with Gasteiger partial charge >= 0.3 is 6.09 Å². The largest absolute Gasteiger partial charge is 0.496 e. The van der Waals surface area contributed by atoms with Crippen molar-refractivity contribution in [3.05, 3.63) is 59.0 Å². The fourth-order valence-corrected chi connectivity index (χ4v) is 5.35. The molecule has 1 aliphatic heterocycles. The lowest BCUT2D eigenvalue weighted by Crippen LogP contribution is -2.17. The second kappa shape index (κ2) is 9.10. The molecule has 7 nitrogen and oxygen atoms in total. The summed E-state index contributed by atoms with van der Waals surface area (Å²) in [5.74, 6) is 2.57. The number of nitrogens with one attached hydrogen (secondary N) is 1. The predicted octanol–water partition coefficient (Wildman–Crippen LogP) is 6.12. The average Bonchev–Trinajstić information content (AvgIpc) is 3.36. The fraction of sp³-hybridized carbons (Fsp3) is 0.346. The third kappa shape index (κ3) is 4.37. The lowest BCUT2D eigenvalue weighted by molar-refractivity contribution is 0.155. The molecule has 1 amide bonds. The molecule has 0 aliphatic carbocycles. The minimum absolute atomic E-state index is 0.177. The number of thiazole rings is 1. The van der Waals surface area contributed by atoms with Crippen LogP contribution >= 0.6 is 11.3 Å². The molecule has 3 heterocycles. The van der Waals surface area contributed by atoms with E-state index in [9.17, 15) is 4.79 Å². The molecule has 0 radical (unpaired) electrons. The molecule has 176 valence electrons. The van der Waals surface area contributed by atoms with Crippen LogP contribution in [0.3, 0.4) is 0 Å². The number of amides is 1. The number of imidazole rings is 1. The van der Waals surface area contributed by atoms with E-state index in [1.165, 1.54) is 17.8 Å². The maximum atomic E-state index is 12.5. The molecule has 1 unspecified atom stereocenters. The molecule has 0 saturated heterocycles. The maximum absolute atomic E-state index is 12.5. The number of hydrogen-bond acceptors (Lipinski definition) is 6. The minimum atomic E-state index is -0.507. The molecule has 0 spiro atoms. The first-order chi connectivity index (χ1) is 16.4. The Morgan fingerprint density at radius 1 is 1.21 bits per heavy atom. The van der Waals surface area contributed by atoms with Gasteiger partial charge < -0.3 is 14.0 Å². The lowest BCUT2D eigenvalue weighted by atomic mass is 10.0. The van der Waals surface area contributed by atoms with Crippen LogP contribution in [0, 0.1) is 19.8 Å². The highest BCUT2D eigenvalue weighted by molar-refractivity contribution is 7.19. The number of aromatic nitrogens is 3. The van der Waals surface area contributed by atoms with Crippen molar-refractivity contribution < 1.29 is 14.3 Å². The van der Waals surface area contributed by atoms with E-state index in [1.54, 1.807) is 7.11 Å². The molecular weight excluding hydrogens is 448 g/mol. The molecule has 0 bridgehead atoms. The monoisotopic (exact) mass is 476 g/mol. The topological polar surface area (TPSA) is 78.3 Å². The molecule has 2 aromatic heterocycles. The van der Waals surface area contributed by atoms with E-state index in [4.69, 9.17) is 14.5 Å². The van der Waals surface area contributed by atoms with Gasteiger partial charge in [-0.3, -0.25) is 5.32 Å². The number of nitrogens with zero attached hydrogens (tertiary/aromatic N) is 3. The van der Waals surface area contributed by atoms with E-state index >= 15 is 0 Å². The molecule has 8 heteroatoms. The van der Waals surface area contributed by atoms with Gasteiger partial charge in [0.05, 0.1) is 29.4 Å². The molecule has 1 aliphatic rings. The standard InChI is InChI=1S/C26H28N4O3S/c1-15-5-7-19(22(11-15)32-4)25-27-17(3)24(34-25)29-26(31)33-14-18-6-8-21-20(13-18)28-23-12-16(2)9-10-30(21)23/h5-8,11,13,16H,9-10,12,14H2,1-4H3,(H,29,31). The third-order valence-electron chi connectivity index (χ3n) is 6.24. The van der Waals surface area contributed by atoms with Gasteiger partial charge in [0.15, 0.2) is 0 Å². The summed E-state index contributed by atoms with van der Waals surface area (Å²) in [5, 5.41) is 4.28. The van der Waals surface area contributed by atoms with Gasteiger partial charge in [-0.2, -0.15) is 0 Å². The highest BCUT2D eigenvalue weighted by Crippen LogP contribution is 2.37. The molecular formula is C26H28N4O3S. The molecule has 5 rings (SSSR count). The van der Waals surface area contributed by atoms with Crippen LogP contribution in [0.15, 0.2) is 36.4 Å². The highest BCUT2D eigenvalue weighted by atomic mass is 32.1. The van der Waals surface area contributed by atoms with Crippen molar-refractivity contribution in [3.63, 3.8) is 0 Å². The van der Waals surface area contributed by atoms with Crippen LogP contribution in [0.5, 0.6) is 5.75 Å². The molecule has 4 aromatic rings. The van der Waals surface area contributed by atoms with Gasteiger partial charge in [-0.15, -0.1) is 0 Å². The minimum Gasteiger partial charge on any atom is -0.496 e. The van der Waals surface area contributed by atoms with Crippen LogP contribution in [0.2, 0.25) is 0 Å². The van der Waals surface area contributed by atoms with Gasteiger partial charge in [0.1, 0.15) is 28.2 Å². The fourth-order valence-electron chi connectivity index (χ4n) is 4.36. The Labute approximate surface area is 202 Å². The Morgan fingerprint density at radius 3 is 2.88 bits per heavy atom. The molecule has 2 aromatic carbocycles. The van der Waals surface area contributed by atoms with E-state index in [2.05, 4.69) is 27.9 Å². The van der Waals surface area contributed by atoms with Crippen LogP contribution in [-0.4, -0.2) is 27.7 Å². The summed E-state index contributed by atoms with van der Waals surface area (Å²) in [4.78, 5) is 21.9. The number of hydrogen-bond donors (Lipinski definition) is 1. The number of carbonyl (C=O) groups excluding carboxylic acids is 1. The van der Waals surface area contributed by atoms with Crippen molar-refractivity contribution >= 4 is 33.5 Å². The maximum Gasteiger partial charge on any atom is 0.412 e. The zero-order valence-corrected chi connectivity index (χ0v) is 20.7. The zero-order chi connectivity index (χ0) is 23.8. The Bertz CT molecular complexity index is 1370. The van der Waals surface area contributed by atoms with Gasteiger partial charge in [-0.05, 0) is 61.6 Å². The highest BCUT2D eigenvalue weighted by Gasteiger charge is 2.20. The number of aryl methyl sites for hydroxylation is 3. The van der Waals surface area contributed by atoms with Crippen molar-refractivity contribution in [2.24, 2.45) is 5.92 Å². The zero-order valence-electron chi connectivity index (χ0n) is 19.8. The first-order valence-electron chi connectivity index (χ1n) is 11.5. The Kier molecular flexibility index (Phi) is 6.00. The third-order valence-corrected chi connectivity index (χ3v) is 7.34. The SMILES string of the molecule is COc1cc(C)ccc1-c1nc(C)c(NC(=O)OCc2ccc3c(c2)nc2n3CCC(C)C2)s1. The van der Waals surface area contributed by atoms with Crippen LogP contribution in [0.1, 0.15) is 36.0 Å². The number of methoxy groups -OCH3 is 1. The Morgan fingerprint density at radius 2 is 2.06 bits per heavy atom. The van der Waals surface area contributed by atoms with Crippen molar-refractivity contribution in [3.8, 4) is 16.3 Å². The summed E-state index contributed by atoms with van der Waals surface area (Å²) in [7, 11) is 1.64. The summed E-state index contributed by atoms with van der Waals surface area (Å²) in [6, 6.07) is 12.1. The van der Waals surface area contributed by atoms with Gasteiger partial charge in [0.25, 0.3) is 0 Å². The van der Waals surface area contributed by atoms with Gasteiger partial charge in [0, 0.05) is 13.0 Å². The van der Waals surface area contributed by atoms with Crippen LogP contribution < -0.4 is 10.1 Å². The van der Waals surface area contributed by atoms with E-state index < -0.39 is 6.09 Å². The van der Waals surface area contributed by atoms with Crippen molar-refractivity contribution in [2.45, 2.75) is 46.8 Å². The number of ether oxygens (including phenoxy) is 2. The average molecular weight is 477 g/mol. The number of rotatable bonds is 5. The predicted molar refractivity (Wildman–Crippen MR) is 135 cm³/mol. The summed E-state index contributed by atoms with van der Waals surface area (Å²) >= 11 is 1.40. The first-order valence-corrected chi connectivity index (χ1v) is 12.3. The Balaban J connectivity index is 1.26. The molecule has 1 atom stereocenters. The summed E-state index contributed by atoms with van der Waals surface area (Å²) in [6.07, 6.45) is 1.68. The second-order valence-electron chi connectivity index (χ2n) is 8.94. The Hall–Kier alpha value is -3.39. The van der Waals surface area contributed by atoms with Crippen molar-refractivity contribution in [1.82, 2.24) is 14.5 Å². The molecule has 0 saturated carbocycles. The molecule has 34 heavy (non-hydrogen) atoms. The second-order valence-corrected chi connectivity index (χ2v) is 9.94. The van der Waals surface area contributed by atoms with Gasteiger partial charge in [0.2, 0.25) is 0 Å². The number of fused-ring (bicyclic) bond motifs is 3.